The summed E-state index contributed by atoms with van der Waals surface area (Å²) in [6.07, 6.45) is 4.89. The van der Waals surface area contributed by atoms with Crippen LogP contribution in [0.1, 0.15) is 13.3 Å². The van der Waals surface area contributed by atoms with Gasteiger partial charge in [0.1, 0.15) is 0 Å². The maximum atomic E-state index is 10.8. The SMILES string of the molecule is CC(=O)C1=CCC([N+](=O)[O-])C=C1. The average Bonchev–Trinajstić information content (AvgIpc) is 2.04. The maximum Gasteiger partial charge on any atom is 0.235 e. The summed E-state index contributed by atoms with van der Waals surface area (Å²) in [6, 6.07) is -0.659. The Kier molecular flexibility index (Phi) is 2.38. The molecule has 0 heterocycles. The zero-order valence-electron chi connectivity index (χ0n) is 6.69. The molecular formula is C8H9NO3. The predicted molar refractivity (Wildman–Crippen MR) is 43.3 cm³/mol. The van der Waals surface area contributed by atoms with Crippen LogP contribution in [0.3, 0.4) is 0 Å². The number of hydrogen-bond donors (Lipinski definition) is 0. The lowest BCUT2D eigenvalue weighted by molar-refractivity contribution is -0.508. The highest BCUT2D eigenvalue weighted by atomic mass is 16.6. The number of ketones is 1. The molecule has 0 fully saturated rings. The van der Waals surface area contributed by atoms with Crippen LogP contribution in [0.5, 0.6) is 0 Å². The van der Waals surface area contributed by atoms with Gasteiger partial charge >= 0.3 is 0 Å². The van der Waals surface area contributed by atoms with Crippen molar-refractivity contribution >= 4 is 5.78 Å². The molecule has 0 aromatic heterocycles. The highest BCUT2D eigenvalue weighted by molar-refractivity contribution is 5.96. The van der Waals surface area contributed by atoms with Crippen molar-refractivity contribution in [3.63, 3.8) is 0 Å². The molecule has 0 saturated carbocycles. The van der Waals surface area contributed by atoms with Gasteiger partial charge in [-0.25, -0.2) is 0 Å². The Labute approximate surface area is 69.7 Å². The minimum atomic E-state index is -0.659. The van der Waals surface area contributed by atoms with Crippen LogP contribution in [-0.2, 0) is 4.79 Å². The van der Waals surface area contributed by atoms with E-state index in [-0.39, 0.29) is 10.7 Å². The second-order valence-corrected chi connectivity index (χ2v) is 2.66. The molecule has 1 rings (SSSR count). The van der Waals surface area contributed by atoms with Crippen molar-refractivity contribution in [1.82, 2.24) is 0 Å². The molecule has 1 aliphatic carbocycles. The van der Waals surface area contributed by atoms with E-state index < -0.39 is 6.04 Å². The number of hydrogen-bond acceptors (Lipinski definition) is 3. The van der Waals surface area contributed by atoms with Crippen molar-refractivity contribution in [2.75, 3.05) is 0 Å². The van der Waals surface area contributed by atoms with E-state index in [0.717, 1.165) is 0 Å². The molecule has 12 heavy (non-hydrogen) atoms. The number of allylic oxidation sites excluding steroid dienone is 2. The average molecular weight is 167 g/mol. The van der Waals surface area contributed by atoms with Gasteiger partial charge in [-0.1, -0.05) is 6.08 Å². The Morgan fingerprint density at radius 2 is 2.42 bits per heavy atom. The predicted octanol–water partition coefficient (Wildman–Crippen LogP) is 1.11. The van der Waals surface area contributed by atoms with Crippen LogP contribution in [-0.4, -0.2) is 16.7 Å². The fourth-order valence-electron chi connectivity index (χ4n) is 1.03. The minimum absolute atomic E-state index is 0.0481. The number of carbonyl (C=O) groups is 1. The Balaban J connectivity index is 2.68. The van der Waals surface area contributed by atoms with Crippen molar-refractivity contribution in [2.45, 2.75) is 19.4 Å². The molecule has 1 atom stereocenters. The third kappa shape index (κ3) is 1.78. The van der Waals surface area contributed by atoms with Gasteiger partial charge < -0.3 is 0 Å². The lowest BCUT2D eigenvalue weighted by atomic mass is 10.0. The standard InChI is InChI=1S/C8H9NO3/c1-6(10)7-2-4-8(5-3-7)9(11)12/h2-4,8H,5H2,1H3. The molecule has 0 N–H and O–H groups in total. The molecule has 1 aliphatic rings. The lowest BCUT2D eigenvalue weighted by Crippen LogP contribution is -2.18. The summed E-state index contributed by atoms with van der Waals surface area (Å²) in [6.45, 7) is 1.45. The summed E-state index contributed by atoms with van der Waals surface area (Å²) in [7, 11) is 0. The van der Waals surface area contributed by atoms with Gasteiger partial charge in [0, 0.05) is 16.9 Å². The molecule has 64 valence electrons. The van der Waals surface area contributed by atoms with E-state index in [1.54, 1.807) is 6.08 Å². The van der Waals surface area contributed by atoms with Crippen LogP contribution in [0.2, 0.25) is 0 Å². The topological polar surface area (TPSA) is 60.2 Å². The molecule has 0 radical (unpaired) electrons. The summed E-state index contributed by atoms with van der Waals surface area (Å²) >= 11 is 0. The Morgan fingerprint density at radius 1 is 1.75 bits per heavy atom. The third-order valence-corrected chi connectivity index (χ3v) is 1.75. The molecule has 4 heteroatoms. The van der Waals surface area contributed by atoms with E-state index in [9.17, 15) is 14.9 Å². The summed E-state index contributed by atoms with van der Waals surface area (Å²) < 4.78 is 0. The summed E-state index contributed by atoms with van der Waals surface area (Å²) in [4.78, 5) is 20.7. The quantitative estimate of drug-likeness (QED) is 0.457. The monoisotopic (exact) mass is 167 g/mol. The zero-order chi connectivity index (χ0) is 9.14. The van der Waals surface area contributed by atoms with Gasteiger partial charge in [0.15, 0.2) is 5.78 Å². The molecule has 0 bridgehead atoms. The molecule has 0 aromatic rings. The number of nitrogens with zero attached hydrogens (tertiary/aromatic N) is 1. The van der Waals surface area contributed by atoms with Crippen LogP contribution in [0.15, 0.2) is 23.8 Å². The van der Waals surface area contributed by atoms with Crippen LogP contribution >= 0.6 is 0 Å². The van der Waals surface area contributed by atoms with Gasteiger partial charge in [-0.05, 0) is 19.1 Å². The van der Waals surface area contributed by atoms with E-state index in [1.165, 1.54) is 19.1 Å². The van der Waals surface area contributed by atoms with Crippen LogP contribution in [0.25, 0.3) is 0 Å². The largest absolute Gasteiger partial charge is 0.295 e. The molecule has 0 aromatic carbocycles. The van der Waals surface area contributed by atoms with E-state index in [2.05, 4.69) is 0 Å². The highest BCUT2D eigenvalue weighted by Gasteiger charge is 2.18. The second kappa shape index (κ2) is 3.30. The minimum Gasteiger partial charge on any atom is -0.295 e. The lowest BCUT2D eigenvalue weighted by Gasteiger charge is -2.07. The van der Waals surface area contributed by atoms with Gasteiger partial charge in [-0.2, -0.15) is 0 Å². The number of carbonyl (C=O) groups excluding carboxylic acids is 1. The normalized spacial score (nSPS) is 21.8. The van der Waals surface area contributed by atoms with E-state index in [4.69, 9.17) is 0 Å². The fourth-order valence-corrected chi connectivity index (χ4v) is 1.03. The fraction of sp³-hybridized carbons (Fsp3) is 0.375. The van der Waals surface area contributed by atoms with Crippen LogP contribution < -0.4 is 0 Å². The molecule has 0 saturated heterocycles. The first-order chi connectivity index (χ1) is 5.61. The number of rotatable bonds is 2. The molecular weight excluding hydrogens is 158 g/mol. The van der Waals surface area contributed by atoms with Crippen LogP contribution in [0.4, 0.5) is 0 Å². The zero-order valence-corrected chi connectivity index (χ0v) is 6.69. The van der Waals surface area contributed by atoms with Gasteiger partial charge in [-0.3, -0.25) is 14.9 Å². The second-order valence-electron chi connectivity index (χ2n) is 2.66. The van der Waals surface area contributed by atoms with Crippen molar-refractivity contribution in [1.29, 1.82) is 0 Å². The van der Waals surface area contributed by atoms with Gasteiger partial charge in [-0.15, -0.1) is 0 Å². The Morgan fingerprint density at radius 3 is 2.75 bits per heavy atom. The van der Waals surface area contributed by atoms with Crippen molar-refractivity contribution < 1.29 is 9.72 Å². The molecule has 0 aliphatic heterocycles. The van der Waals surface area contributed by atoms with Crippen molar-refractivity contribution in [3.05, 3.63) is 33.9 Å². The summed E-state index contributed by atoms with van der Waals surface area (Å²) in [5.41, 5.74) is 0.563. The van der Waals surface area contributed by atoms with Gasteiger partial charge in [0.05, 0.1) is 0 Å². The van der Waals surface area contributed by atoms with E-state index in [1.807, 2.05) is 0 Å². The van der Waals surface area contributed by atoms with Gasteiger partial charge in [0.25, 0.3) is 0 Å². The molecule has 1 unspecified atom stereocenters. The maximum absolute atomic E-state index is 10.8. The Hall–Kier alpha value is -1.45. The van der Waals surface area contributed by atoms with E-state index in [0.29, 0.717) is 12.0 Å². The van der Waals surface area contributed by atoms with E-state index >= 15 is 0 Å². The van der Waals surface area contributed by atoms with Crippen molar-refractivity contribution in [3.8, 4) is 0 Å². The molecule has 0 amide bonds. The Bertz CT molecular complexity index is 278. The summed E-state index contributed by atoms with van der Waals surface area (Å²) in [5.74, 6) is -0.0481. The highest BCUT2D eigenvalue weighted by Crippen LogP contribution is 2.12. The third-order valence-electron chi connectivity index (χ3n) is 1.75. The molecule has 4 nitrogen and oxygen atoms in total. The summed E-state index contributed by atoms with van der Waals surface area (Å²) in [5, 5.41) is 10.3. The first-order valence-corrected chi connectivity index (χ1v) is 3.64. The van der Waals surface area contributed by atoms with Crippen LogP contribution in [0, 0.1) is 10.1 Å². The number of Topliss-reactive ketones (excluding diaryl/α,β-unsaturated/α-hetero) is 1. The van der Waals surface area contributed by atoms with Crippen molar-refractivity contribution in [2.24, 2.45) is 0 Å². The van der Waals surface area contributed by atoms with Gasteiger partial charge in [0.2, 0.25) is 6.04 Å². The smallest absolute Gasteiger partial charge is 0.235 e. The first kappa shape index (κ1) is 8.64. The molecule has 0 spiro atoms. The number of nitro groups is 1. The first-order valence-electron chi connectivity index (χ1n) is 3.64.